The molecule has 0 bridgehead atoms. The third-order valence-electron chi connectivity index (χ3n) is 3.26. The number of nitrogens with zero attached hydrogens (tertiary/aromatic N) is 4. The second-order valence-corrected chi connectivity index (χ2v) is 6.78. The van der Waals surface area contributed by atoms with E-state index in [1.54, 1.807) is 27.9 Å². The Labute approximate surface area is 152 Å². The van der Waals surface area contributed by atoms with Crippen LogP contribution >= 0.6 is 35.0 Å². The van der Waals surface area contributed by atoms with Gasteiger partial charge in [-0.1, -0.05) is 35.0 Å². The molecule has 1 amide bonds. The molecule has 1 aromatic carbocycles. The molecule has 1 aliphatic rings. The van der Waals surface area contributed by atoms with Gasteiger partial charge in [-0.2, -0.15) is 0 Å². The Morgan fingerprint density at radius 1 is 1.38 bits per heavy atom. The molecule has 10 heteroatoms. The molecule has 1 aromatic heterocycles. The first-order valence-corrected chi connectivity index (χ1v) is 8.79. The van der Waals surface area contributed by atoms with Gasteiger partial charge in [-0.25, -0.2) is 9.69 Å². The zero-order valence-corrected chi connectivity index (χ0v) is 15.1. The molecule has 0 unspecified atom stereocenters. The molecule has 2 aromatic rings. The van der Waals surface area contributed by atoms with E-state index in [-0.39, 0.29) is 19.1 Å². The number of thioether (sulfide) groups is 1. The molecule has 0 spiro atoms. The number of aromatic nitrogens is 3. The van der Waals surface area contributed by atoms with Crippen molar-refractivity contribution in [3.8, 4) is 5.75 Å². The fourth-order valence-electron chi connectivity index (χ4n) is 2.21. The molecule has 0 atom stereocenters. The summed E-state index contributed by atoms with van der Waals surface area (Å²) in [6.07, 6.45) is 0. The van der Waals surface area contributed by atoms with Gasteiger partial charge in [0.05, 0.1) is 11.6 Å². The van der Waals surface area contributed by atoms with E-state index in [1.165, 1.54) is 18.9 Å². The molecule has 3 rings (SSSR count). The number of hydrogen-bond acceptors (Lipinski definition) is 6. The molecule has 0 fully saturated rings. The highest BCUT2D eigenvalue weighted by molar-refractivity contribution is 7.99. The summed E-state index contributed by atoms with van der Waals surface area (Å²) in [6, 6.07) is 4.97. The largest absolute Gasteiger partial charge is 0.484 e. The van der Waals surface area contributed by atoms with Crippen molar-refractivity contribution in [2.24, 2.45) is 0 Å². The third-order valence-corrected chi connectivity index (χ3v) is 4.69. The highest BCUT2D eigenvalue weighted by Crippen LogP contribution is 2.29. The van der Waals surface area contributed by atoms with Crippen LogP contribution in [0, 0.1) is 0 Å². The Hall–Kier alpha value is -1.48. The Bertz CT molecular complexity index is 756. The SMILES string of the molecule is COCC(=O)N1CCSc2nnc(COc3ccc(Cl)cc3Cl)n21. The van der Waals surface area contributed by atoms with E-state index in [4.69, 9.17) is 32.7 Å². The summed E-state index contributed by atoms with van der Waals surface area (Å²) in [5.74, 6) is 1.58. The highest BCUT2D eigenvalue weighted by atomic mass is 35.5. The van der Waals surface area contributed by atoms with E-state index in [0.717, 1.165) is 5.75 Å². The molecule has 1 aliphatic heterocycles. The maximum Gasteiger partial charge on any atom is 0.267 e. The average molecular weight is 389 g/mol. The predicted molar refractivity (Wildman–Crippen MR) is 91.5 cm³/mol. The van der Waals surface area contributed by atoms with Crippen LogP contribution in [0.2, 0.25) is 10.0 Å². The Morgan fingerprint density at radius 2 is 2.21 bits per heavy atom. The van der Waals surface area contributed by atoms with Gasteiger partial charge in [-0.3, -0.25) is 4.79 Å². The number of halogens is 2. The summed E-state index contributed by atoms with van der Waals surface area (Å²) in [6.45, 7) is 0.657. The van der Waals surface area contributed by atoms with Crippen LogP contribution in [0.25, 0.3) is 0 Å². The van der Waals surface area contributed by atoms with Gasteiger partial charge in [0.15, 0.2) is 5.82 Å². The summed E-state index contributed by atoms with van der Waals surface area (Å²) >= 11 is 13.5. The van der Waals surface area contributed by atoms with Crippen molar-refractivity contribution in [2.75, 3.05) is 31.0 Å². The molecule has 0 N–H and O–H groups in total. The second kappa shape index (κ2) is 7.60. The summed E-state index contributed by atoms with van der Waals surface area (Å²) in [7, 11) is 1.48. The fraction of sp³-hybridized carbons (Fsp3) is 0.357. The minimum Gasteiger partial charge on any atom is -0.484 e. The second-order valence-electron chi connectivity index (χ2n) is 4.87. The van der Waals surface area contributed by atoms with E-state index in [0.29, 0.717) is 33.3 Å². The summed E-state index contributed by atoms with van der Waals surface area (Å²) in [4.78, 5) is 12.2. The van der Waals surface area contributed by atoms with Gasteiger partial charge >= 0.3 is 0 Å². The van der Waals surface area contributed by atoms with Gasteiger partial charge in [0, 0.05) is 17.9 Å². The lowest BCUT2D eigenvalue weighted by Gasteiger charge is -2.28. The Kier molecular flexibility index (Phi) is 5.50. The molecule has 24 heavy (non-hydrogen) atoms. The fourth-order valence-corrected chi connectivity index (χ4v) is 3.55. The van der Waals surface area contributed by atoms with Crippen molar-refractivity contribution in [2.45, 2.75) is 11.8 Å². The van der Waals surface area contributed by atoms with Gasteiger partial charge < -0.3 is 9.47 Å². The van der Waals surface area contributed by atoms with Crippen molar-refractivity contribution in [3.05, 3.63) is 34.1 Å². The zero-order chi connectivity index (χ0) is 17.1. The normalized spacial score (nSPS) is 13.7. The summed E-state index contributed by atoms with van der Waals surface area (Å²) in [5.41, 5.74) is 0. The Morgan fingerprint density at radius 3 is 2.96 bits per heavy atom. The summed E-state index contributed by atoms with van der Waals surface area (Å²) < 4.78 is 12.3. The van der Waals surface area contributed by atoms with Crippen molar-refractivity contribution in [1.29, 1.82) is 0 Å². The van der Waals surface area contributed by atoms with Crippen LogP contribution in [-0.4, -0.2) is 46.8 Å². The standard InChI is InChI=1S/C14H14Cl2N4O3S/c1-22-8-13(21)19-4-5-24-14-18-17-12(20(14)19)7-23-11-3-2-9(15)6-10(11)16/h2-3,6H,4-5,7-8H2,1H3. The molecule has 2 heterocycles. The molecular formula is C14H14Cl2N4O3S. The van der Waals surface area contributed by atoms with Crippen LogP contribution in [0.15, 0.2) is 23.4 Å². The lowest BCUT2D eigenvalue weighted by Crippen LogP contribution is -2.47. The number of fused-ring (bicyclic) bond motifs is 1. The number of ether oxygens (including phenoxy) is 2. The van der Waals surface area contributed by atoms with Gasteiger partial charge in [0.25, 0.3) is 5.91 Å². The number of methoxy groups -OCH3 is 1. The minimum atomic E-state index is -0.162. The van der Waals surface area contributed by atoms with E-state index in [2.05, 4.69) is 10.2 Å². The average Bonchev–Trinajstić information content (AvgIpc) is 2.97. The third kappa shape index (κ3) is 3.61. The lowest BCUT2D eigenvalue weighted by atomic mass is 10.3. The predicted octanol–water partition coefficient (Wildman–Crippen LogP) is 2.38. The van der Waals surface area contributed by atoms with Gasteiger partial charge in [0.2, 0.25) is 5.16 Å². The number of carbonyl (C=O) groups excluding carboxylic acids is 1. The maximum atomic E-state index is 12.2. The van der Waals surface area contributed by atoms with Crippen molar-refractivity contribution >= 4 is 40.9 Å². The van der Waals surface area contributed by atoms with Crippen LogP contribution < -0.4 is 9.75 Å². The molecular weight excluding hydrogens is 375 g/mol. The molecule has 7 nitrogen and oxygen atoms in total. The molecule has 0 saturated carbocycles. The van der Waals surface area contributed by atoms with Crippen molar-refractivity contribution in [1.82, 2.24) is 14.9 Å². The first kappa shape index (κ1) is 17.3. The maximum absolute atomic E-state index is 12.2. The van der Waals surface area contributed by atoms with Crippen LogP contribution in [0.1, 0.15) is 5.82 Å². The molecule has 0 radical (unpaired) electrons. The topological polar surface area (TPSA) is 69.5 Å². The van der Waals surface area contributed by atoms with Crippen LogP contribution in [0.5, 0.6) is 5.75 Å². The van der Waals surface area contributed by atoms with Crippen LogP contribution in [0.4, 0.5) is 0 Å². The first-order valence-electron chi connectivity index (χ1n) is 7.04. The number of carbonyl (C=O) groups is 1. The van der Waals surface area contributed by atoms with E-state index in [9.17, 15) is 4.79 Å². The molecule has 0 aliphatic carbocycles. The van der Waals surface area contributed by atoms with Crippen LogP contribution in [-0.2, 0) is 16.1 Å². The smallest absolute Gasteiger partial charge is 0.267 e. The van der Waals surface area contributed by atoms with Crippen LogP contribution in [0.3, 0.4) is 0 Å². The van der Waals surface area contributed by atoms with E-state index >= 15 is 0 Å². The van der Waals surface area contributed by atoms with E-state index in [1.807, 2.05) is 0 Å². The quantitative estimate of drug-likeness (QED) is 0.782. The van der Waals surface area contributed by atoms with Crippen molar-refractivity contribution < 1.29 is 14.3 Å². The van der Waals surface area contributed by atoms with Crippen molar-refractivity contribution in [3.63, 3.8) is 0 Å². The molecule has 0 saturated heterocycles. The Balaban J connectivity index is 1.80. The number of benzene rings is 1. The number of amides is 1. The summed E-state index contributed by atoms with van der Waals surface area (Å²) in [5, 5.41) is 11.4. The van der Waals surface area contributed by atoms with Gasteiger partial charge in [-0.15, -0.1) is 10.2 Å². The number of rotatable bonds is 5. The van der Waals surface area contributed by atoms with E-state index < -0.39 is 0 Å². The number of hydrogen-bond donors (Lipinski definition) is 0. The lowest BCUT2D eigenvalue weighted by molar-refractivity contribution is -0.123. The highest BCUT2D eigenvalue weighted by Gasteiger charge is 2.27. The first-order chi connectivity index (χ1) is 11.6. The van der Waals surface area contributed by atoms with Gasteiger partial charge in [-0.05, 0) is 18.2 Å². The minimum absolute atomic E-state index is 0.00834. The molecule has 128 valence electrons. The monoisotopic (exact) mass is 388 g/mol. The van der Waals surface area contributed by atoms with Gasteiger partial charge in [0.1, 0.15) is 19.0 Å². The zero-order valence-electron chi connectivity index (χ0n) is 12.7.